The zero-order valence-corrected chi connectivity index (χ0v) is 12.9. The van der Waals surface area contributed by atoms with Crippen molar-refractivity contribution in [2.75, 3.05) is 0 Å². The van der Waals surface area contributed by atoms with Crippen molar-refractivity contribution in [1.82, 2.24) is 9.78 Å². The van der Waals surface area contributed by atoms with Crippen molar-refractivity contribution < 1.29 is 18.3 Å². The van der Waals surface area contributed by atoms with E-state index in [9.17, 15) is 13.2 Å². The van der Waals surface area contributed by atoms with Gasteiger partial charge in [0.2, 0.25) is 0 Å². The molecule has 1 atom stereocenters. The summed E-state index contributed by atoms with van der Waals surface area (Å²) in [5, 5.41) is 12.1. The Morgan fingerprint density at radius 1 is 1.40 bits per heavy atom. The first-order valence-corrected chi connectivity index (χ1v) is 8.49. The fraction of sp³-hybridized carbons (Fsp3) is 0.692. The van der Waals surface area contributed by atoms with Gasteiger partial charge in [-0.1, -0.05) is 13.8 Å². The number of hydrogen-bond acceptors (Lipinski definition) is 4. The second-order valence-electron chi connectivity index (χ2n) is 4.97. The molecule has 114 valence electrons. The van der Waals surface area contributed by atoms with E-state index in [-0.39, 0.29) is 18.2 Å². The highest BCUT2D eigenvalue weighted by atomic mass is 32.2. The molecule has 1 N–H and O–H groups in total. The molecule has 6 nitrogen and oxygen atoms in total. The Bertz CT molecular complexity index is 546. The Morgan fingerprint density at radius 3 is 2.50 bits per heavy atom. The number of carboxylic acids is 1. The minimum atomic E-state index is -3.49. The number of carboxylic acid groups (broad SMARTS) is 1. The van der Waals surface area contributed by atoms with Crippen molar-refractivity contribution in [3.63, 3.8) is 0 Å². The molecule has 0 aliphatic rings. The lowest BCUT2D eigenvalue weighted by Gasteiger charge is -2.13. The number of carbonyl (C=O) groups is 1. The minimum absolute atomic E-state index is 0.214. The maximum absolute atomic E-state index is 12.0. The van der Waals surface area contributed by atoms with Gasteiger partial charge in [0.05, 0.1) is 29.2 Å². The second-order valence-corrected chi connectivity index (χ2v) is 7.39. The van der Waals surface area contributed by atoms with Crippen LogP contribution in [0.1, 0.15) is 51.8 Å². The fourth-order valence-electron chi connectivity index (χ4n) is 2.04. The second kappa shape index (κ2) is 6.88. The molecule has 1 aromatic rings. The molecule has 0 radical (unpaired) electrons. The molecule has 20 heavy (non-hydrogen) atoms. The third-order valence-electron chi connectivity index (χ3n) is 3.40. The summed E-state index contributed by atoms with van der Waals surface area (Å²) >= 11 is 0. The van der Waals surface area contributed by atoms with Crippen LogP contribution in [0, 0.1) is 0 Å². The summed E-state index contributed by atoms with van der Waals surface area (Å²) in [6, 6.07) is 1.95. The van der Waals surface area contributed by atoms with Crippen LogP contribution in [0.3, 0.4) is 0 Å². The maximum Gasteiger partial charge on any atom is 0.304 e. The van der Waals surface area contributed by atoms with Crippen molar-refractivity contribution in [2.24, 2.45) is 0 Å². The van der Waals surface area contributed by atoms with Crippen molar-refractivity contribution >= 4 is 15.8 Å². The fourth-order valence-corrected chi connectivity index (χ4v) is 3.29. The number of rotatable bonds is 8. The summed E-state index contributed by atoms with van der Waals surface area (Å²) in [5.41, 5.74) is 0.467. The lowest BCUT2D eigenvalue weighted by molar-refractivity contribution is -0.136. The Hall–Kier alpha value is -1.37. The van der Waals surface area contributed by atoms with Crippen LogP contribution in [-0.2, 0) is 20.4 Å². The highest BCUT2D eigenvalue weighted by molar-refractivity contribution is 7.91. The largest absolute Gasteiger partial charge is 0.481 e. The van der Waals surface area contributed by atoms with E-state index in [2.05, 4.69) is 18.9 Å². The lowest BCUT2D eigenvalue weighted by atomic mass is 10.2. The highest BCUT2D eigenvalue weighted by Crippen LogP contribution is 2.17. The third-order valence-corrected chi connectivity index (χ3v) is 5.50. The van der Waals surface area contributed by atoms with Gasteiger partial charge in [-0.2, -0.15) is 5.10 Å². The number of aliphatic carboxylic acids is 1. The van der Waals surface area contributed by atoms with Gasteiger partial charge in [-0.15, -0.1) is 0 Å². The van der Waals surface area contributed by atoms with Crippen LogP contribution < -0.4 is 0 Å². The molecule has 0 amide bonds. The van der Waals surface area contributed by atoms with Crippen LogP contribution >= 0.6 is 0 Å². The first kappa shape index (κ1) is 16.7. The quantitative estimate of drug-likeness (QED) is 0.793. The molecule has 0 saturated carbocycles. The topological polar surface area (TPSA) is 89.3 Å². The summed E-state index contributed by atoms with van der Waals surface area (Å²) in [5.74, 6) is -1.32. The van der Waals surface area contributed by atoms with Crippen LogP contribution in [0.25, 0.3) is 0 Å². The normalized spacial score (nSPS) is 13.6. The van der Waals surface area contributed by atoms with Crippen LogP contribution in [0.15, 0.2) is 12.3 Å². The van der Waals surface area contributed by atoms with Crippen LogP contribution in [0.4, 0.5) is 0 Å². The van der Waals surface area contributed by atoms with E-state index in [1.807, 2.05) is 0 Å². The summed E-state index contributed by atoms with van der Waals surface area (Å²) in [7, 11) is -3.49. The van der Waals surface area contributed by atoms with Gasteiger partial charge >= 0.3 is 5.97 Å². The summed E-state index contributed by atoms with van der Waals surface area (Å²) in [4.78, 5) is 10.6. The van der Waals surface area contributed by atoms with Gasteiger partial charge in [-0.25, -0.2) is 8.42 Å². The molecule has 0 bridgehead atoms. The van der Waals surface area contributed by atoms with Gasteiger partial charge in [0.1, 0.15) is 0 Å². The monoisotopic (exact) mass is 302 g/mol. The van der Waals surface area contributed by atoms with E-state index < -0.39 is 21.1 Å². The highest BCUT2D eigenvalue weighted by Gasteiger charge is 2.25. The molecule has 1 unspecified atom stereocenters. The Labute approximate surface area is 119 Å². The average Bonchev–Trinajstić information content (AvgIpc) is 2.77. The Morgan fingerprint density at radius 2 is 2.00 bits per heavy atom. The maximum atomic E-state index is 12.0. The minimum Gasteiger partial charge on any atom is -0.481 e. The van der Waals surface area contributed by atoms with Gasteiger partial charge in [0, 0.05) is 6.20 Å². The van der Waals surface area contributed by atoms with Crippen LogP contribution in [-0.4, -0.2) is 34.5 Å². The first-order chi connectivity index (χ1) is 9.30. The van der Waals surface area contributed by atoms with E-state index in [0.717, 1.165) is 12.8 Å². The SMILES string of the molecule is CCC(CC)n1ccc(CS(=O)(=O)C(C)CC(=O)O)n1. The number of nitrogens with zero attached hydrogens (tertiary/aromatic N) is 2. The standard InChI is InChI=1S/C13H22N2O4S/c1-4-12(5-2)15-7-6-11(14-15)9-20(18,19)10(3)8-13(16)17/h6-7,10,12H,4-5,8-9H2,1-3H3,(H,16,17). The summed E-state index contributed by atoms with van der Waals surface area (Å²) in [6.45, 7) is 5.53. The van der Waals surface area contributed by atoms with E-state index in [1.165, 1.54) is 6.92 Å². The molecule has 0 spiro atoms. The number of hydrogen-bond donors (Lipinski definition) is 1. The molecule has 1 rings (SSSR count). The molecule has 0 aliphatic carbocycles. The van der Waals surface area contributed by atoms with E-state index in [4.69, 9.17) is 5.11 Å². The zero-order chi connectivity index (χ0) is 15.3. The summed E-state index contributed by atoms with van der Waals surface area (Å²) in [6.07, 6.45) is 3.26. The first-order valence-electron chi connectivity index (χ1n) is 6.77. The van der Waals surface area contributed by atoms with E-state index >= 15 is 0 Å². The molecule has 0 aliphatic heterocycles. The predicted molar refractivity (Wildman–Crippen MR) is 76.2 cm³/mol. The molecule has 1 aromatic heterocycles. The molecule has 7 heteroatoms. The molecular formula is C13H22N2O4S. The molecule has 0 aromatic carbocycles. The van der Waals surface area contributed by atoms with Gasteiger partial charge < -0.3 is 5.11 Å². The van der Waals surface area contributed by atoms with Crippen LogP contribution in [0.2, 0.25) is 0 Å². The molecule has 0 saturated heterocycles. The zero-order valence-electron chi connectivity index (χ0n) is 12.1. The van der Waals surface area contributed by atoms with E-state index in [1.54, 1.807) is 16.9 Å². The lowest BCUT2D eigenvalue weighted by Crippen LogP contribution is -2.23. The van der Waals surface area contributed by atoms with Crippen molar-refractivity contribution in [3.05, 3.63) is 18.0 Å². The molecular weight excluding hydrogens is 280 g/mol. The predicted octanol–water partition coefficient (Wildman–Crippen LogP) is 2.02. The van der Waals surface area contributed by atoms with Crippen LogP contribution in [0.5, 0.6) is 0 Å². The number of aromatic nitrogens is 2. The average molecular weight is 302 g/mol. The Kier molecular flexibility index (Phi) is 5.74. The van der Waals surface area contributed by atoms with Gasteiger partial charge in [0.15, 0.2) is 9.84 Å². The van der Waals surface area contributed by atoms with Crippen molar-refractivity contribution in [1.29, 1.82) is 0 Å². The van der Waals surface area contributed by atoms with Crippen molar-refractivity contribution in [2.45, 2.75) is 57.1 Å². The van der Waals surface area contributed by atoms with Gasteiger partial charge in [-0.3, -0.25) is 9.48 Å². The molecule has 0 fully saturated rings. The van der Waals surface area contributed by atoms with Gasteiger partial charge in [0.25, 0.3) is 0 Å². The number of sulfone groups is 1. The Balaban J connectivity index is 2.80. The summed E-state index contributed by atoms with van der Waals surface area (Å²) < 4.78 is 25.9. The third kappa shape index (κ3) is 4.33. The van der Waals surface area contributed by atoms with E-state index in [0.29, 0.717) is 5.69 Å². The van der Waals surface area contributed by atoms with Crippen molar-refractivity contribution in [3.8, 4) is 0 Å². The molecule has 1 heterocycles. The smallest absolute Gasteiger partial charge is 0.304 e. The van der Waals surface area contributed by atoms with Gasteiger partial charge in [-0.05, 0) is 25.8 Å².